The van der Waals surface area contributed by atoms with Crippen LogP contribution in [0.5, 0.6) is 0 Å². The van der Waals surface area contributed by atoms with Crippen LogP contribution in [0.25, 0.3) is 11.1 Å². The molecular formula is C26H28N2O5. The minimum absolute atomic E-state index is 0.0881. The SMILES string of the molecule is C#CCC(NC(=O)OCC1c2ccccc2-c2ccccc21)C(=O)N(CC)C(C)(C)C(=O)O. The van der Waals surface area contributed by atoms with Gasteiger partial charge in [0.15, 0.2) is 0 Å². The normalized spacial score (nSPS) is 13.3. The Labute approximate surface area is 193 Å². The number of ether oxygens (including phenoxy) is 1. The number of rotatable bonds is 8. The largest absolute Gasteiger partial charge is 0.480 e. The van der Waals surface area contributed by atoms with Gasteiger partial charge in [-0.15, -0.1) is 12.3 Å². The molecule has 2 amide bonds. The molecule has 1 atom stereocenters. The fraction of sp³-hybridized carbons (Fsp3) is 0.346. The van der Waals surface area contributed by atoms with Gasteiger partial charge >= 0.3 is 12.1 Å². The first-order valence-electron chi connectivity index (χ1n) is 10.8. The van der Waals surface area contributed by atoms with Crippen molar-refractivity contribution in [1.29, 1.82) is 0 Å². The number of nitrogens with one attached hydrogen (secondary N) is 1. The summed E-state index contributed by atoms with van der Waals surface area (Å²) in [5.74, 6) is 0.522. The van der Waals surface area contributed by atoms with Crippen LogP contribution in [-0.4, -0.2) is 52.7 Å². The maximum absolute atomic E-state index is 13.0. The van der Waals surface area contributed by atoms with E-state index in [2.05, 4.69) is 11.2 Å². The predicted molar refractivity (Wildman–Crippen MR) is 125 cm³/mol. The minimum Gasteiger partial charge on any atom is -0.480 e. The van der Waals surface area contributed by atoms with Gasteiger partial charge in [0.1, 0.15) is 18.2 Å². The van der Waals surface area contributed by atoms with Crippen LogP contribution in [0.1, 0.15) is 44.2 Å². The Kier molecular flexibility index (Phi) is 7.07. The number of benzene rings is 2. The number of carboxylic acids is 1. The lowest BCUT2D eigenvalue weighted by Crippen LogP contribution is -2.58. The Morgan fingerprint density at radius 3 is 2.15 bits per heavy atom. The molecule has 7 heteroatoms. The molecule has 0 heterocycles. The zero-order valence-corrected chi connectivity index (χ0v) is 19.0. The molecule has 0 spiro atoms. The van der Waals surface area contributed by atoms with Gasteiger partial charge in [0, 0.05) is 18.9 Å². The first-order valence-corrected chi connectivity index (χ1v) is 10.8. The molecule has 0 fully saturated rings. The van der Waals surface area contributed by atoms with Crippen molar-refractivity contribution in [1.82, 2.24) is 10.2 Å². The highest BCUT2D eigenvalue weighted by molar-refractivity contribution is 5.91. The van der Waals surface area contributed by atoms with Crippen molar-refractivity contribution >= 4 is 18.0 Å². The molecule has 33 heavy (non-hydrogen) atoms. The van der Waals surface area contributed by atoms with Gasteiger partial charge in [-0.25, -0.2) is 9.59 Å². The van der Waals surface area contributed by atoms with E-state index in [1.165, 1.54) is 18.7 Å². The second-order valence-electron chi connectivity index (χ2n) is 8.38. The van der Waals surface area contributed by atoms with Crippen molar-refractivity contribution in [2.75, 3.05) is 13.2 Å². The highest BCUT2D eigenvalue weighted by Gasteiger charge is 2.40. The number of fused-ring (bicyclic) bond motifs is 3. The summed E-state index contributed by atoms with van der Waals surface area (Å²) < 4.78 is 5.51. The molecule has 1 aliphatic carbocycles. The molecular weight excluding hydrogens is 420 g/mol. The van der Waals surface area contributed by atoms with Crippen LogP contribution in [0, 0.1) is 12.3 Å². The smallest absolute Gasteiger partial charge is 0.407 e. The van der Waals surface area contributed by atoms with Crippen LogP contribution in [0.2, 0.25) is 0 Å². The van der Waals surface area contributed by atoms with Gasteiger partial charge in [-0.2, -0.15) is 0 Å². The van der Waals surface area contributed by atoms with E-state index in [1.807, 2.05) is 48.5 Å². The van der Waals surface area contributed by atoms with Gasteiger partial charge in [-0.1, -0.05) is 48.5 Å². The minimum atomic E-state index is -1.46. The maximum atomic E-state index is 13.0. The van der Waals surface area contributed by atoms with E-state index in [0.717, 1.165) is 22.3 Å². The zero-order valence-electron chi connectivity index (χ0n) is 19.0. The van der Waals surface area contributed by atoms with E-state index in [-0.39, 0.29) is 25.5 Å². The summed E-state index contributed by atoms with van der Waals surface area (Å²) in [5, 5.41) is 12.0. The van der Waals surface area contributed by atoms with Crippen molar-refractivity contribution in [3.63, 3.8) is 0 Å². The highest BCUT2D eigenvalue weighted by atomic mass is 16.5. The third kappa shape index (κ3) is 4.70. The van der Waals surface area contributed by atoms with Gasteiger partial charge in [0.2, 0.25) is 5.91 Å². The predicted octanol–water partition coefficient (Wildman–Crippen LogP) is 3.63. The Hall–Kier alpha value is -3.79. The van der Waals surface area contributed by atoms with Crippen LogP contribution < -0.4 is 5.32 Å². The molecule has 0 bridgehead atoms. The average molecular weight is 449 g/mol. The topological polar surface area (TPSA) is 95.9 Å². The lowest BCUT2D eigenvalue weighted by atomic mass is 9.98. The number of hydrogen-bond acceptors (Lipinski definition) is 4. The number of likely N-dealkylation sites (N-methyl/N-ethyl adjacent to an activating group) is 1. The molecule has 172 valence electrons. The van der Waals surface area contributed by atoms with Gasteiger partial charge in [0.25, 0.3) is 0 Å². The van der Waals surface area contributed by atoms with Crippen LogP contribution in [0.4, 0.5) is 4.79 Å². The Morgan fingerprint density at radius 1 is 1.12 bits per heavy atom. The monoisotopic (exact) mass is 448 g/mol. The number of amides is 2. The summed E-state index contributed by atoms with van der Waals surface area (Å²) in [5.41, 5.74) is 2.90. The first kappa shape index (κ1) is 23.9. The van der Waals surface area contributed by atoms with Crippen LogP contribution in [0.15, 0.2) is 48.5 Å². The van der Waals surface area contributed by atoms with Gasteiger partial charge in [0.05, 0.1) is 0 Å². The number of carbonyl (C=O) groups excluding carboxylic acids is 2. The quantitative estimate of drug-likeness (QED) is 0.602. The van der Waals surface area contributed by atoms with E-state index in [4.69, 9.17) is 11.2 Å². The number of hydrogen-bond donors (Lipinski definition) is 2. The summed E-state index contributed by atoms with van der Waals surface area (Å²) >= 11 is 0. The van der Waals surface area contributed by atoms with E-state index in [1.54, 1.807) is 6.92 Å². The number of carbonyl (C=O) groups is 3. The van der Waals surface area contributed by atoms with Crippen LogP contribution >= 0.6 is 0 Å². The summed E-state index contributed by atoms with van der Waals surface area (Å²) in [6.45, 7) is 4.76. The molecule has 1 unspecified atom stereocenters. The lowest BCUT2D eigenvalue weighted by molar-refractivity contribution is -0.157. The molecule has 3 rings (SSSR count). The van der Waals surface area contributed by atoms with Crippen LogP contribution in [-0.2, 0) is 14.3 Å². The number of carboxylic acid groups (broad SMARTS) is 1. The highest BCUT2D eigenvalue weighted by Crippen LogP contribution is 2.44. The van der Waals surface area contributed by atoms with E-state index < -0.39 is 29.6 Å². The second kappa shape index (κ2) is 9.78. The van der Waals surface area contributed by atoms with Gasteiger partial charge in [-0.05, 0) is 43.0 Å². The summed E-state index contributed by atoms with van der Waals surface area (Å²) in [4.78, 5) is 38.5. The lowest BCUT2D eigenvalue weighted by Gasteiger charge is -2.36. The number of aliphatic carboxylic acids is 1. The standard InChI is InChI=1S/C26H28N2O5/c1-5-11-22(23(29)28(6-2)26(3,4)24(30)31)27-25(32)33-16-21-19-14-9-7-12-17(19)18-13-8-10-15-20(18)21/h1,7-10,12-15,21-22H,6,11,16H2,2-4H3,(H,27,32)(H,30,31). The molecule has 1 aliphatic rings. The molecule has 0 aliphatic heterocycles. The molecule has 7 nitrogen and oxygen atoms in total. The molecule has 2 N–H and O–H groups in total. The third-order valence-corrected chi connectivity index (χ3v) is 6.04. The Balaban J connectivity index is 1.72. The molecule has 0 radical (unpaired) electrons. The summed E-state index contributed by atoms with van der Waals surface area (Å²) in [6.07, 6.45) is 4.53. The van der Waals surface area contributed by atoms with E-state index in [0.29, 0.717) is 0 Å². The van der Waals surface area contributed by atoms with Crippen molar-refractivity contribution in [3.8, 4) is 23.5 Å². The molecule has 0 saturated heterocycles. The number of terminal acetylenes is 1. The number of nitrogens with zero attached hydrogens (tertiary/aromatic N) is 1. The second-order valence-corrected chi connectivity index (χ2v) is 8.38. The number of alkyl carbamates (subject to hydrolysis) is 1. The third-order valence-electron chi connectivity index (χ3n) is 6.04. The Bertz CT molecular complexity index is 1060. The van der Waals surface area contributed by atoms with Gasteiger partial charge < -0.3 is 20.1 Å². The fourth-order valence-electron chi connectivity index (χ4n) is 4.23. The van der Waals surface area contributed by atoms with Crippen molar-refractivity contribution in [2.24, 2.45) is 0 Å². The van der Waals surface area contributed by atoms with E-state index >= 15 is 0 Å². The summed E-state index contributed by atoms with van der Waals surface area (Å²) in [6, 6.07) is 14.9. The Morgan fingerprint density at radius 2 is 1.67 bits per heavy atom. The molecule has 0 saturated carbocycles. The van der Waals surface area contributed by atoms with Crippen molar-refractivity contribution < 1.29 is 24.2 Å². The van der Waals surface area contributed by atoms with E-state index in [9.17, 15) is 19.5 Å². The molecule has 2 aromatic rings. The zero-order chi connectivity index (χ0) is 24.2. The fourth-order valence-corrected chi connectivity index (χ4v) is 4.23. The van der Waals surface area contributed by atoms with Gasteiger partial charge in [-0.3, -0.25) is 4.79 Å². The van der Waals surface area contributed by atoms with Crippen LogP contribution in [0.3, 0.4) is 0 Å². The first-order chi connectivity index (χ1) is 15.7. The van der Waals surface area contributed by atoms with Crippen molar-refractivity contribution in [3.05, 3.63) is 59.7 Å². The molecule has 0 aromatic heterocycles. The van der Waals surface area contributed by atoms with Crippen molar-refractivity contribution in [2.45, 2.75) is 44.7 Å². The molecule has 2 aromatic carbocycles. The summed E-state index contributed by atoms with van der Waals surface area (Å²) in [7, 11) is 0. The average Bonchev–Trinajstić information content (AvgIpc) is 3.11. The maximum Gasteiger partial charge on any atom is 0.407 e.